The van der Waals surface area contributed by atoms with Gasteiger partial charge in [-0.3, -0.25) is 4.68 Å². The van der Waals surface area contributed by atoms with E-state index in [1.807, 2.05) is 24.4 Å². The standard InChI is InChI=1S/C13H15N3O2/c1-18-13(17)11-4-2-10(3-5-11)12-6-8-16(15-12)9-7-14/h2-6,8H,7,9,14H2,1H3. The molecule has 1 heterocycles. The highest BCUT2D eigenvalue weighted by Gasteiger charge is 2.06. The van der Waals surface area contributed by atoms with E-state index in [1.165, 1.54) is 7.11 Å². The number of nitrogens with two attached hydrogens (primary N) is 1. The highest BCUT2D eigenvalue weighted by molar-refractivity contribution is 5.89. The minimum absolute atomic E-state index is 0.338. The molecule has 5 heteroatoms. The molecular weight excluding hydrogens is 230 g/mol. The van der Waals surface area contributed by atoms with E-state index in [9.17, 15) is 4.79 Å². The molecule has 2 aromatic rings. The third-order valence-corrected chi connectivity index (χ3v) is 2.60. The van der Waals surface area contributed by atoms with Crippen molar-refractivity contribution in [1.29, 1.82) is 0 Å². The molecule has 2 N–H and O–H groups in total. The third-order valence-electron chi connectivity index (χ3n) is 2.60. The van der Waals surface area contributed by atoms with Crippen LogP contribution >= 0.6 is 0 Å². The number of carbonyl (C=O) groups excluding carboxylic acids is 1. The average Bonchev–Trinajstić information content (AvgIpc) is 2.87. The van der Waals surface area contributed by atoms with Crippen molar-refractivity contribution in [3.8, 4) is 11.3 Å². The van der Waals surface area contributed by atoms with Gasteiger partial charge in [0.05, 0.1) is 24.9 Å². The molecule has 2 rings (SSSR count). The van der Waals surface area contributed by atoms with E-state index in [-0.39, 0.29) is 5.97 Å². The summed E-state index contributed by atoms with van der Waals surface area (Å²) in [6.07, 6.45) is 1.89. The van der Waals surface area contributed by atoms with Crippen molar-refractivity contribution in [1.82, 2.24) is 9.78 Å². The quantitative estimate of drug-likeness (QED) is 0.824. The molecule has 5 nitrogen and oxygen atoms in total. The fourth-order valence-corrected chi connectivity index (χ4v) is 1.67. The smallest absolute Gasteiger partial charge is 0.337 e. The molecule has 0 radical (unpaired) electrons. The second-order valence-corrected chi connectivity index (χ2v) is 3.82. The summed E-state index contributed by atoms with van der Waals surface area (Å²) in [4.78, 5) is 11.3. The van der Waals surface area contributed by atoms with Crippen LogP contribution in [0.25, 0.3) is 11.3 Å². The summed E-state index contributed by atoms with van der Waals surface area (Å²) in [5.74, 6) is -0.338. The van der Waals surface area contributed by atoms with E-state index >= 15 is 0 Å². The molecule has 0 atom stereocenters. The Hall–Kier alpha value is -2.14. The summed E-state index contributed by atoms with van der Waals surface area (Å²) in [5, 5.41) is 4.39. The lowest BCUT2D eigenvalue weighted by Gasteiger charge is -2.01. The Morgan fingerprint density at radius 1 is 1.33 bits per heavy atom. The summed E-state index contributed by atoms with van der Waals surface area (Å²) < 4.78 is 6.44. The maximum absolute atomic E-state index is 11.3. The first kappa shape index (κ1) is 12.3. The highest BCUT2D eigenvalue weighted by atomic mass is 16.5. The van der Waals surface area contributed by atoms with Gasteiger partial charge < -0.3 is 10.5 Å². The largest absolute Gasteiger partial charge is 0.465 e. The minimum atomic E-state index is -0.338. The maximum atomic E-state index is 11.3. The molecule has 0 aliphatic rings. The molecule has 18 heavy (non-hydrogen) atoms. The van der Waals surface area contributed by atoms with Gasteiger partial charge in [0, 0.05) is 18.3 Å². The van der Waals surface area contributed by atoms with Crippen LogP contribution in [-0.4, -0.2) is 29.4 Å². The number of methoxy groups -OCH3 is 1. The van der Waals surface area contributed by atoms with Crippen molar-refractivity contribution in [2.75, 3.05) is 13.7 Å². The maximum Gasteiger partial charge on any atom is 0.337 e. The fraction of sp³-hybridized carbons (Fsp3) is 0.231. The zero-order chi connectivity index (χ0) is 13.0. The molecule has 0 amide bonds. The SMILES string of the molecule is COC(=O)c1ccc(-c2ccn(CCN)n2)cc1. The van der Waals surface area contributed by atoms with Crippen LogP contribution in [0.1, 0.15) is 10.4 Å². The second-order valence-electron chi connectivity index (χ2n) is 3.82. The van der Waals surface area contributed by atoms with E-state index in [1.54, 1.807) is 16.8 Å². The Balaban J connectivity index is 2.20. The van der Waals surface area contributed by atoms with Crippen LogP contribution in [-0.2, 0) is 11.3 Å². The predicted octanol–water partition coefficient (Wildman–Crippen LogP) is 1.30. The number of rotatable bonds is 4. The van der Waals surface area contributed by atoms with Crippen LogP contribution in [0, 0.1) is 0 Å². The molecule has 0 fully saturated rings. The Kier molecular flexibility index (Phi) is 3.74. The van der Waals surface area contributed by atoms with Crippen molar-refractivity contribution >= 4 is 5.97 Å². The van der Waals surface area contributed by atoms with Gasteiger partial charge in [-0.15, -0.1) is 0 Å². The molecule has 0 spiro atoms. The fourth-order valence-electron chi connectivity index (χ4n) is 1.67. The molecule has 1 aromatic carbocycles. The molecule has 0 aliphatic carbocycles. The van der Waals surface area contributed by atoms with Crippen molar-refractivity contribution < 1.29 is 9.53 Å². The van der Waals surface area contributed by atoms with Crippen LogP contribution in [0.15, 0.2) is 36.5 Å². The number of nitrogens with zero attached hydrogens (tertiary/aromatic N) is 2. The highest BCUT2D eigenvalue weighted by Crippen LogP contribution is 2.17. The van der Waals surface area contributed by atoms with Crippen LogP contribution in [0.2, 0.25) is 0 Å². The summed E-state index contributed by atoms with van der Waals surface area (Å²) in [6.45, 7) is 1.25. The number of benzene rings is 1. The van der Waals surface area contributed by atoms with Crippen molar-refractivity contribution in [3.63, 3.8) is 0 Å². The topological polar surface area (TPSA) is 70.1 Å². The summed E-state index contributed by atoms with van der Waals surface area (Å²) >= 11 is 0. The lowest BCUT2D eigenvalue weighted by molar-refractivity contribution is 0.0601. The molecule has 0 unspecified atom stereocenters. The Labute approximate surface area is 105 Å². The normalized spacial score (nSPS) is 10.3. The van der Waals surface area contributed by atoms with Gasteiger partial charge in [-0.2, -0.15) is 5.10 Å². The molecule has 1 aromatic heterocycles. The monoisotopic (exact) mass is 245 g/mol. The van der Waals surface area contributed by atoms with Crippen molar-refractivity contribution in [3.05, 3.63) is 42.1 Å². The number of hydrogen-bond acceptors (Lipinski definition) is 4. The Morgan fingerprint density at radius 2 is 2.06 bits per heavy atom. The molecule has 0 aliphatic heterocycles. The second kappa shape index (κ2) is 5.46. The molecular formula is C13H15N3O2. The van der Waals surface area contributed by atoms with Crippen LogP contribution in [0.3, 0.4) is 0 Å². The minimum Gasteiger partial charge on any atom is -0.465 e. The van der Waals surface area contributed by atoms with Gasteiger partial charge in [0.25, 0.3) is 0 Å². The van der Waals surface area contributed by atoms with Crippen LogP contribution in [0.5, 0.6) is 0 Å². The number of ether oxygens (including phenoxy) is 1. The van der Waals surface area contributed by atoms with E-state index < -0.39 is 0 Å². The van der Waals surface area contributed by atoms with E-state index in [0.717, 1.165) is 11.3 Å². The van der Waals surface area contributed by atoms with Gasteiger partial charge in [0.1, 0.15) is 0 Å². The first-order chi connectivity index (χ1) is 8.74. The van der Waals surface area contributed by atoms with E-state index in [2.05, 4.69) is 9.84 Å². The average molecular weight is 245 g/mol. The van der Waals surface area contributed by atoms with Gasteiger partial charge in [0.2, 0.25) is 0 Å². The first-order valence-electron chi connectivity index (χ1n) is 5.67. The zero-order valence-electron chi connectivity index (χ0n) is 10.2. The van der Waals surface area contributed by atoms with E-state index in [0.29, 0.717) is 18.7 Å². The van der Waals surface area contributed by atoms with E-state index in [4.69, 9.17) is 5.73 Å². The van der Waals surface area contributed by atoms with Gasteiger partial charge in [0.15, 0.2) is 0 Å². The van der Waals surface area contributed by atoms with Gasteiger partial charge in [-0.1, -0.05) is 12.1 Å². The number of aromatic nitrogens is 2. The first-order valence-corrected chi connectivity index (χ1v) is 5.67. The number of hydrogen-bond donors (Lipinski definition) is 1. The molecule has 0 saturated heterocycles. The number of esters is 1. The lowest BCUT2D eigenvalue weighted by Crippen LogP contribution is -2.10. The van der Waals surface area contributed by atoms with Gasteiger partial charge in [-0.25, -0.2) is 4.79 Å². The summed E-state index contributed by atoms with van der Waals surface area (Å²) in [7, 11) is 1.37. The van der Waals surface area contributed by atoms with Crippen LogP contribution < -0.4 is 5.73 Å². The Bertz CT molecular complexity index is 531. The third kappa shape index (κ3) is 2.57. The summed E-state index contributed by atoms with van der Waals surface area (Å²) in [6, 6.07) is 9.07. The number of carbonyl (C=O) groups is 1. The summed E-state index contributed by atoms with van der Waals surface area (Å²) in [5.41, 5.74) is 7.81. The van der Waals surface area contributed by atoms with Crippen molar-refractivity contribution in [2.45, 2.75) is 6.54 Å². The lowest BCUT2D eigenvalue weighted by atomic mass is 10.1. The molecule has 0 saturated carbocycles. The Morgan fingerprint density at radius 3 is 2.67 bits per heavy atom. The molecule has 0 bridgehead atoms. The zero-order valence-corrected chi connectivity index (χ0v) is 10.2. The predicted molar refractivity (Wildman–Crippen MR) is 68.1 cm³/mol. The van der Waals surface area contributed by atoms with Gasteiger partial charge >= 0.3 is 5.97 Å². The van der Waals surface area contributed by atoms with Gasteiger partial charge in [-0.05, 0) is 18.2 Å². The van der Waals surface area contributed by atoms with Crippen molar-refractivity contribution in [2.24, 2.45) is 5.73 Å². The molecule has 94 valence electrons. The van der Waals surface area contributed by atoms with Crippen LogP contribution in [0.4, 0.5) is 0 Å².